The van der Waals surface area contributed by atoms with Crippen LogP contribution in [0.1, 0.15) is 33.0 Å². The van der Waals surface area contributed by atoms with Crippen LogP contribution in [0.2, 0.25) is 5.02 Å². The van der Waals surface area contributed by atoms with E-state index >= 15 is 0 Å². The number of hydrogen-bond acceptors (Lipinski definition) is 5. The fourth-order valence-corrected chi connectivity index (χ4v) is 5.25. The Hall–Kier alpha value is -3.20. The molecule has 0 saturated heterocycles. The average Bonchev–Trinajstić information content (AvgIpc) is 3.39. The fraction of sp³-hybridized carbons (Fsp3) is 0.231. The highest BCUT2D eigenvalue weighted by Gasteiger charge is 2.19. The van der Waals surface area contributed by atoms with E-state index < -0.39 is 5.97 Å². The van der Waals surface area contributed by atoms with Gasteiger partial charge >= 0.3 is 5.97 Å². The Kier molecular flexibility index (Phi) is 6.60. The first-order chi connectivity index (χ1) is 16.9. The van der Waals surface area contributed by atoms with Gasteiger partial charge in [0.25, 0.3) is 0 Å². The molecule has 0 fully saturated rings. The van der Waals surface area contributed by atoms with Gasteiger partial charge in [0.15, 0.2) is 0 Å². The maximum Gasteiger partial charge on any atom is 0.346 e. The number of benzene rings is 2. The summed E-state index contributed by atoms with van der Waals surface area (Å²) in [5.74, 6) is 0.312. The number of thiophene rings is 1. The summed E-state index contributed by atoms with van der Waals surface area (Å²) in [4.78, 5) is 19.2. The number of rotatable bonds is 7. The Balaban J connectivity index is 1.23. The van der Waals surface area contributed by atoms with Gasteiger partial charge in [-0.3, -0.25) is 4.90 Å². The number of carboxylic acid groups (broad SMARTS) is 1. The number of carboxylic acids is 1. The number of aromatic carboxylic acids is 1. The predicted molar refractivity (Wildman–Crippen MR) is 136 cm³/mol. The fourth-order valence-electron chi connectivity index (χ4n) is 4.17. The summed E-state index contributed by atoms with van der Waals surface area (Å²) in [5.41, 5.74) is 3.65. The molecule has 0 amide bonds. The monoisotopic (exact) mass is 511 g/mol. The molecule has 0 unspecified atom stereocenters. The molecule has 0 aliphatic carbocycles. The molecule has 2 aromatic heterocycles. The minimum absolute atomic E-state index is 0.133. The number of nitrogens with zero attached hydrogens (tertiary/aromatic N) is 3. The minimum atomic E-state index is -0.921. The molecule has 1 aliphatic heterocycles. The number of halogens is 2. The molecule has 0 spiro atoms. The standard InChI is InChI=1S/C26H23ClFN3O3S/c1-30-22-13-23(26(32)33)35-25(22)29-24(30)14-31-9-7-16(8-10-31)17-3-2-4-20(11-17)34-15-18-5-6-19(27)12-21(18)28/h2-7,11-13H,8-10,14-15H2,1H3,(H,32,33). The number of aromatic nitrogens is 2. The molecule has 1 aliphatic rings. The van der Waals surface area contributed by atoms with Crippen LogP contribution in [-0.4, -0.2) is 38.6 Å². The molecule has 180 valence electrons. The first kappa shape index (κ1) is 23.5. The van der Waals surface area contributed by atoms with Crippen molar-refractivity contribution < 1.29 is 19.0 Å². The number of imidazole rings is 1. The molecule has 0 bridgehead atoms. The SMILES string of the molecule is Cn1c(CN2CC=C(c3cccc(OCc4ccc(Cl)cc4F)c3)CC2)nc2sc(C(=O)O)cc21. The zero-order valence-corrected chi connectivity index (χ0v) is 20.6. The van der Waals surface area contributed by atoms with Crippen molar-refractivity contribution in [2.75, 3.05) is 13.1 Å². The summed E-state index contributed by atoms with van der Waals surface area (Å²) in [6.45, 7) is 2.50. The Labute approximate surface area is 210 Å². The largest absolute Gasteiger partial charge is 0.489 e. The third kappa shape index (κ3) is 5.10. The molecule has 0 atom stereocenters. The molecule has 5 rings (SSSR count). The van der Waals surface area contributed by atoms with Gasteiger partial charge in [-0.15, -0.1) is 11.3 Å². The number of carbonyl (C=O) groups is 1. The van der Waals surface area contributed by atoms with Crippen LogP contribution in [0.15, 0.2) is 54.6 Å². The summed E-state index contributed by atoms with van der Waals surface area (Å²) in [6, 6.07) is 14.1. The highest BCUT2D eigenvalue weighted by molar-refractivity contribution is 7.20. The van der Waals surface area contributed by atoms with Gasteiger partial charge in [0.05, 0.1) is 12.1 Å². The van der Waals surface area contributed by atoms with Gasteiger partial charge in [0.1, 0.15) is 33.7 Å². The predicted octanol–water partition coefficient (Wildman–Crippen LogP) is 5.99. The van der Waals surface area contributed by atoms with Gasteiger partial charge in [-0.2, -0.15) is 0 Å². The van der Waals surface area contributed by atoms with E-state index in [4.69, 9.17) is 16.3 Å². The van der Waals surface area contributed by atoms with E-state index in [0.29, 0.717) is 27.8 Å². The van der Waals surface area contributed by atoms with Gasteiger partial charge in [0, 0.05) is 30.7 Å². The molecule has 9 heteroatoms. The zero-order chi connectivity index (χ0) is 24.5. The molecule has 35 heavy (non-hydrogen) atoms. The molecule has 4 aromatic rings. The third-order valence-electron chi connectivity index (χ3n) is 6.16. The molecular weight excluding hydrogens is 489 g/mol. The third-order valence-corrected chi connectivity index (χ3v) is 7.40. The topological polar surface area (TPSA) is 67.6 Å². The normalized spacial score (nSPS) is 14.3. The molecule has 3 heterocycles. The lowest BCUT2D eigenvalue weighted by molar-refractivity contribution is 0.0702. The Morgan fingerprint density at radius 2 is 2.11 bits per heavy atom. The van der Waals surface area contributed by atoms with Crippen molar-refractivity contribution in [1.82, 2.24) is 14.5 Å². The van der Waals surface area contributed by atoms with Crippen molar-refractivity contribution in [3.63, 3.8) is 0 Å². The van der Waals surface area contributed by atoms with E-state index in [1.807, 2.05) is 29.8 Å². The zero-order valence-electron chi connectivity index (χ0n) is 19.0. The highest BCUT2D eigenvalue weighted by atomic mass is 35.5. The van der Waals surface area contributed by atoms with Gasteiger partial charge in [-0.25, -0.2) is 14.2 Å². The van der Waals surface area contributed by atoms with Crippen molar-refractivity contribution in [1.29, 1.82) is 0 Å². The van der Waals surface area contributed by atoms with E-state index in [0.717, 1.165) is 41.2 Å². The first-order valence-electron chi connectivity index (χ1n) is 11.1. The maximum absolute atomic E-state index is 14.0. The maximum atomic E-state index is 14.0. The molecule has 2 aromatic carbocycles. The highest BCUT2D eigenvalue weighted by Crippen LogP contribution is 2.29. The first-order valence-corrected chi connectivity index (χ1v) is 12.3. The number of hydrogen-bond donors (Lipinski definition) is 1. The van der Waals surface area contributed by atoms with Crippen molar-refractivity contribution in [3.8, 4) is 5.75 Å². The van der Waals surface area contributed by atoms with Crippen LogP contribution in [0.5, 0.6) is 5.75 Å². The van der Waals surface area contributed by atoms with E-state index in [-0.39, 0.29) is 12.4 Å². The lowest BCUT2D eigenvalue weighted by Gasteiger charge is -2.26. The van der Waals surface area contributed by atoms with Gasteiger partial charge in [-0.05, 0) is 47.9 Å². The van der Waals surface area contributed by atoms with Crippen LogP contribution >= 0.6 is 22.9 Å². The van der Waals surface area contributed by atoms with Crippen molar-refractivity contribution in [2.24, 2.45) is 7.05 Å². The Morgan fingerprint density at radius 3 is 2.83 bits per heavy atom. The van der Waals surface area contributed by atoms with E-state index in [9.17, 15) is 14.3 Å². The summed E-state index contributed by atoms with van der Waals surface area (Å²) in [7, 11) is 1.93. The quantitative estimate of drug-likeness (QED) is 0.330. The number of aryl methyl sites for hydroxylation is 1. The van der Waals surface area contributed by atoms with Crippen LogP contribution in [0.4, 0.5) is 4.39 Å². The Morgan fingerprint density at radius 1 is 1.26 bits per heavy atom. The second-order valence-electron chi connectivity index (χ2n) is 8.46. The lowest BCUT2D eigenvalue weighted by Crippen LogP contribution is -2.29. The second-order valence-corrected chi connectivity index (χ2v) is 9.93. The van der Waals surface area contributed by atoms with Crippen LogP contribution in [0, 0.1) is 5.82 Å². The van der Waals surface area contributed by atoms with Gasteiger partial charge in [0.2, 0.25) is 0 Å². The summed E-state index contributed by atoms with van der Waals surface area (Å²) in [5, 5.41) is 9.56. The molecule has 1 N–H and O–H groups in total. The van der Waals surface area contributed by atoms with E-state index in [1.165, 1.54) is 23.0 Å². The Bertz CT molecular complexity index is 1450. The van der Waals surface area contributed by atoms with Gasteiger partial charge < -0.3 is 14.4 Å². The van der Waals surface area contributed by atoms with Crippen LogP contribution in [0.3, 0.4) is 0 Å². The summed E-state index contributed by atoms with van der Waals surface area (Å²) < 4.78 is 21.8. The van der Waals surface area contributed by atoms with Crippen LogP contribution in [-0.2, 0) is 20.2 Å². The van der Waals surface area contributed by atoms with Crippen LogP contribution < -0.4 is 4.74 Å². The average molecular weight is 512 g/mol. The molecule has 6 nitrogen and oxygen atoms in total. The van der Waals surface area contributed by atoms with Crippen molar-refractivity contribution >= 4 is 44.8 Å². The van der Waals surface area contributed by atoms with E-state index in [2.05, 4.69) is 22.0 Å². The van der Waals surface area contributed by atoms with E-state index in [1.54, 1.807) is 18.2 Å². The second kappa shape index (κ2) is 9.81. The molecule has 0 radical (unpaired) electrons. The lowest BCUT2D eigenvalue weighted by atomic mass is 9.99. The molecule has 0 saturated carbocycles. The number of ether oxygens (including phenoxy) is 1. The van der Waals surface area contributed by atoms with Crippen molar-refractivity contribution in [3.05, 3.63) is 87.3 Å². The summed E-state index contributed by atoms with van der Waals surface area (Å²) >= 11 is 7.02. The van der Waals surface area contributed by atoms with Gasteiger partial charge in [-0.1, -0.05) is 35.9 Å². The van der Waals surface area contributed by atoms with Crippen LogP contribution in [0.25, 0.3) is 15.9 Å². The van der Waals surface area contributed by atoms with Crippen molar-refractivity contribution in [2.45, 2.75) is 19.6 Å². The minimum Gasteiger partial charge on any atom is -0.489 e. The smallest absolute Gasteiger partial charge is 0.346 e. The molecular formula is C26H23ClFN3O3S. The number of fused-ring (bicyclic) bond motifs is 1. The summed E-state index contributed by atoms with van der Waals surface area (Å²) in [6.07, 6.45) is 3.10.